The minimum Gasteiger partial charge on any atom is -0.504 e. The normalized spacial score (nSPS) is 18.5. The van der Waals surface area contributed by atoms with E-state index in [0.29, 0.717) is 17.4 Å². The largest absolute Gasteiger partial charge is 0.504 e. The Kier molecular flexibility index (Phi) is 2.09. The lowest BCUT2D eigenvalue weighted by atomic mass is 10.1. The van der Waals surface area contributed by atoms with E-state index in [1.165, 1.54) is 6.07 Å². The minimum atomic E-state index is -0.696. The van der Waals surface area contributed by atoms with Gasteiger partial charge in [-0.05, 0) is 6.07 Å². The van der Waals surface area contributed by atoms with Crippen LogP contribution in [0.3, 0.4) is 0 Å². The number of halogens is 1. The van der Waals surface area contributed by atoms with Gasteiger partial charge in [-0.15, -0.1) is 0 Å². The zero-order chi connectivity index (χ0) is 10.3. The first-order chi connectivity index (χ1) is 6.48. The van der Waals surface area contributed by atoms with Crippen molar-refractivity contribution in [2.75, 3.05) is 0 Å². The first-order valence-corrected chi connectivity index (χ1v) is 4.70. The fourth-order valence-corrected chi connectivity index (χ4v) is 1.62. The summed E-state index contributed by atoms with van der Waals surface area (Å²) in [5, 5.41) is 10.1. The molecule has 1 aliphatic rings. The highest BCUT2D eigenvalue weighted by Gasteiger charge is 2.29. The molecule has 4 heteroatoms. The molecule has 0 radical (unpaired) electrons. The Bertz CT molecular complexity index is 374. The number of hydrogen-bond acceptors (Lipinski definition) is 3. The summed E-state index contributed by atoms with van der Waals surface area (Å²) in [6.07, 6.45) is 0. The first kappa shape index (κ1) is 9.62. The maximum absolute atomic E-state index is 9.60. The summed E-state index contributed by atoms with van der Waals surface area (Å²) in [7, 11) is 0. The molecule has 0 spiro atoms. The van der Waals surface area contributed by atoms with Gasteiger partial charge in [0.15, 0.2) is 11.5 Å². The van der Waals surface area contributed by atoms with Gasteiger partial charge in [0.1, 0.15) is 0 Å². The van der Waals surface area contributed by atoms with E-state index in [1.54, 1.807) is 19.9 Å². The van der Waals surface area contributed by atoms with Gasteiger partial charge in [0.2, 0.25) is 5.79 Å². The highest BCUT2D eigenvalue weighted by molar-refractivity contribution is 6.30. The molecule has 0 fully saturated rings. The van der Waals surface area contributed by atoms with Crippen molar-refractivity contribution in [2.24, 2.45) is 0 Å². The third-order valence-corrected chi connectivity index (χ3v) is 2.25. The number of aromatic hydroxyl groups is 1. The van der Waals surface area contributed by atoms with Crippen LogP contribution >= 0.6 is 11.6 Å². The fourth-order valence-electron chi connectivity index (χ4n) is 1.39. The summed E-state index contributed by atoms with van der Waals surface area (Å²) < 4.78 is 10.9. The van der Waals surface area contributed by atoms with Crippen molar-refractivity contribution in [1.82, 2.24) is 0 Å². The Morgan fingerprint density at radius 1 is 1.43 bits per heavy atom. The molecule has 0 unspecified atom stereocenters. The zero-order valence-corrected chi connectivity index (χ0v) is 8.76. The van der Waals surface area contributed by atoms with E-state index in [4.69, 9.17) is 21.1 Å². The number of hydrogen-bond donors (Lipinski definition) is 1. The van der Waals surface area contributed by atoms with E-state index in [-0.39, 0.29) is 5.75 Å². The highest BCUT2D eigenvalue weighted by atomic mass is 35.5. The van der Waals surface area contributed by atoms with E-state index in [0.717, 1.165) is 5.56 Å². The van der Waals surface area contributed by atoms with Crippen LogP contribution in [0.2, 0.25) is 5.02 Å². The Hall–Kier alpha value is -0.930. The van der Waals surface area contributed by atoms with Crippen molar-refractivity contribution in [3.8, 4) is 11.5 Å². The van der Waals surface area contributed by atoms with Crippen molar-refractivity contribution < 1.29 is 14.6 Å². The van der Waals surface area contributed by atoms with Gasteiger partial charge in [0, 0.05) is 30.5 Å². The minimum absolute atomic E-state index is 0.0591. The lowest BCUT2D eigenvalue weighted by Gasteiger charge is -2.32. The van der Waals surface area contributed by atoms with Crippen LogP contribution in [0.5, 0.6) is 11.5 Å². The molecule has 1 aromatic rings. The number of fused-ring (bicyclic) bond motifs is 1. The summed E-state index contributed by atoms with van der Waals surface area (Å²) in [6, 6.07) is 3.19. The van der Waals surface area contributed by atoms with Gasteiger partial charge in [0.25, 0.3) is 0 Å². The second-order valence-electron chi connectivity index (χ2n) is 3.70. The molecule has 14 heavy (non-hydrogen) atoms. The quantitative estimate of drug-likeness (QED) is 0.722. The van der Waals surface area contributed by atoms with Crippen molar-refractivity contribution in [1.29, 1.82) is 0 Å². The number of benzene rings is 1. The molecule has 1 aliphatic heterocycles. The smallest absolute Gasteiger partial charge is 0.205 e. The monoisotopic (exact) mass is 214 g/mol. The second-order valence-corrected chi connectivity index (χ2v) is 4.14. The molecule has 0 aromatic heterocycles. The van der Waals surface area contributed by atoms with Crippen molar-refractivity contribution >= 4 is 11.6 Å². The first-order valence-electron chi connectivity index (χ1n) is 4.32. The van der Waals surface area contributed by atoms with Crippen molar-refractivity contribution in [3.05, 3.63) is 22.7 Å². The average Bonchev–Trinajstić information content (AvgIpc) is 2.06. The Morgan fingerprint density at radius 2 is 2.14 bits per heavy atom. The van der Waals surface area contributed by atoms with Crippen LogP contribution in [0.1, 0.15) is 19.4 Å². The van der Waals surface area contributed by atoms with Gasteiger partial charge in [-0.1, -0.05) is 11.6 Å². The predicted molar refractivity (Wildman–Crippen MR) is 52.6 cm³/mol. The highest BCUT2D eigenvalue weighted by Crippen LogP contribution is 2.40. The average molecular weight is 215 g/mol. The molecule has 1 heterocycles. The van der Waals surface area contributed by atoms with Crippen LogP contribution in [0, 0.1) is 0 Å². The summed E-state index contributed by atoms with van der Waals surface area (Å²) >= 11 is 5.78. The van der Waals surface area contributed by atoms with Gasteiger partial charge in [-0.25, -0.2) is 0 Å². The summed E-state index contributed by atoms with van der Waals surface area (Å²) in [5.41, 5.74) is 0.773. The number of phenols is 1. The van der Waals surface area contributed by atoms with Crippen LogP contribution in [-0.2, 0) is 11.3 Å². The van der Waals surface area contributed by atoms with Crippen molar-refractivity contribution in [2.45, 2.75) is 26.2 Å². The standard InChI is InChI=1S/C10H11ClO3/c1-10(2)13-5-6-3-7(11)4-8(12)9(6)14-10/h3-4,12H,5H2,1-2H3. The molecule has 76 valence electrons. The van der Waals surface area contributed by atoms with E-state index >= 15 is 0 Å². The summed E-state index contributed by atoms with van der Waals surface area (Å²) in [5.74, 6) is -0.173. The van der Waals surface area contributed by atoms with Crippen LogP contribution in [0.15, 0.2) is 12.1 Å². The molecular formula is C10H11ClO3. The maximum Gasteiger partial charge on any atom is 0.205 e. The molecular weight excluding hydrogens is 204 g/mol. The second kappa shape index (κ2) is 3.04. The third kappa shape index (κ3) is 1.65. The van der Waals surface area contributed by atoms with Gasteiger partial charge < -0.3 is 14.6 Å². The van der Waals surface area contributed by atoms with Gasteiger partial charge in [-0.3, -0.25) is 0 Å². The molecule has 0 aliphatic carbocycles. The molecule has 3 nitrogen and oxygen atoms in total. The number of phenolic OH excluding ortho intramolecular Hbond substituents is 1. The SMILES string of the molecule is CC1(C)OCc2cc(Cl)cc(O)c2O1. The molecule has 1 N–H and O–H groups in total. The van der Waals surface area contributed by atoms with E-state index < -0.39 is 5.79 Å². The topological polar surface area (TPSA) is 38.7 Å². The fraction of sp³-hybridized carbons (Fsp3) is 0.400. The van der Waals surface area contributed by atoms with Gasteiger partial charge in [-0.2, -0.15) is 0 Å². The lowest BCUT2D eigenvalue weighted by molar-refractivity contribution is -0.180. The van der Waals surface area contributed by atoms with E-state index in [2.05, 4.69) is 0 Å². The molecule has 0 bridgehead atoms. The zero-order valence-electron chi connectivity index (χ0n) is 8.00. The van der Waals surface area contributed by atoms with Crippen LogP contribution in [-0.4, -0.2) is 10.9 Å². The molecule has 0 amide bonds. The molecule has 0 atom stereocenters. The maximum atomic E-state index is 9.60. The van der Waals surface area contributed by atoms with Crippen LogP contribution in [0.25, 0.3) is 0 Å². The lowest BCUT2D eigenvalue weighted by Crippen LogP contribution is -2.35. The van der Waals surface area contributed by atoms with E-state index in [1.807, 2.05) is 0 Å². The van der Waals surface area contributed by atoms with E-state index in [9.17, 15) is 5.11 Å². The number of rotatable bonds is 0. The van der Waals surface area contributed by atoms with Crippen LogP contribution in [0.4, 0.5) is 0 Å². The van der Waals surface area contributed by atoms with Crippen LogP contribution < -0.4 is 4.74 Å². The molecule has 1 aromatic carbocycles. The van der Waals surface area contributed by atoms with Gasteiger partial charge >= 0.3 is 0 Å². The molecule has 0 saturated heterocycles. The van der Waals surface area contributed by atoms with Crippen molar-refractivity contribution in [3.63, 3.8) is 0 Å². The molecule has 0 saturated carbocycles. The Balaban J connectivity index is 2.47. The summed E-state index contributed by atoms with van der Waals surface area (Å²) in [4.78, 5) is 0. The third-order valence-electron chi connectivity index (χ3n) is 2.03. The number of ether oxygens (including phenoxy) is 2. The predicted octanol–water partition coefficient (Wildman–Crippen LogP) is 2.69. The Labute approximate surface area is 87.2 Å². The molecule has 2 rings (SSSR count). The van der Waals surface area contributed by atoms with Gasteiger partial charge in [0.05, 0.1) is 6.61 Å². The Morgan fingerprint density at radius 3 is 2.86 bits per heavy atom. The summed E-state index contributed by atoms with van der Waals surface area (Å²) in [6.45, 7) is 3.99.